The molecule has 0 saturated heterocycles. The first-order valence-electron chi connectivity index (χ1n) is 5.67. The molecule has 0 aromatic rings. The maximum absolute atomic E-state index is 11.7. The maximum Gasteiger partial charge on any atom is 0.307 e. The van der Waals surface area contributed by atoms with Crippen molar-refractivity contribution in [2.24, 2.45) is 11.8 Å². The van der Waals surface area contributed by atoms with Crippen molar-refractivity contribution in [3.63, 3.8) is 0 Å². The van der Waals surface area contributed by atoms with E-state index in [1.54, 1.807) is 0 Å². The van der Waals surface area contributed by atoms with Crippen LogP contribution in [-0.4, -0.2) is 49.1 Å². The van der Waals surface area contributed by atoms with Gasteiger partial charge in [-0.1, -0.05) is 6.42 Å². The third kappa shape index (κ3) is 3.48. The lowest BCUT2D eigenvalue weighted by atomic mass is 9.95. The van der Waals surface area contributed by atoms with Gasteiger partial charge in [0.2, 0.25) is 5.91 Å². The van der Waals surface area contributed by atoms with Crippen molar-refractivity contribution < 1.29 is 14.7 Å². The van der Waals surface area contributed by atoms with E-state index in [2.05, 4.69) is 5.32 Å². The van der Waals surface area contributed by atoms with E-state index in [1.165, 1.54) is 0 Å². The number of carboxylic acids is 1. The quantitative estimate of drug-likeness (QED) is 0.703. The number of rotatable bonds is 5. The molecule has 1 saturated carbocycles. The molecule has 1 rings (SSSR count). The molecular formula is C11H20N2O3. The average molecular weight is 228 g/mol. The van der Waals surface area contributed by atoms with Crippen LogP contribution in [0.4, 0.5) is 0 Å². The molecule has 1 fully saturated rings. The van der Waals surface area contributed by atoms with Gasteiger partial charge in [0, 0.05) is 13.1 Å². The zero-order valence-electron chi connectivity index (χ0n) is 9.90. The van der Waals surface area contributed by atoms with Gasteiger partial charge in [-0.3, -0.25) is 9.59 Å². The second kappa shape index (κ2) is 5.84. The molecule has 5 heteroatoms. The van der Waals surface area contributed by atoms with Crippen molar-refractivity contribution in [3.05, 3.63) is 0 Å². The van der Waals surface area contributed by atoms with E-state index in [4.69, 9.17) is 5.11 Å². The summed E-state index contributed by atoms with van der Waals surface area (Å²) in [4.78, 5) is 24.6. The number of likely N-dealkylation sites (N-methyl/N-ethyl adjacent to an activating group) is 1. The number of nitrogens with one attached hydrogen (secondary N) is 1. The fourth-order valence-electron chi connectivity index (χ4n) is 2.10. The third-order valence-electron chi connectivity index (χ3n) is 3.03. The monoisotopic (exact) mass is 228 g/mol. The lowest BCUT2D eigenvalue weighted by Gasteiger charge is -2.16. The summed E-state index contributed by atoms with van der Waals surface area (Å²) in [6.07, 6.45) is 2.16. The molecule has 1 aliphatic rings. The molecule has 92 valence electrons. The topological polar surface area (TPSA) is 69.6 Å². The smallest absolute Gasteiger partial charge is 0.307 e. The zero-order valence-corrected chi connectivity index (χ0v) is 9.90. The number of hydrogen-bond donors (Lipinski definition) is 2. The van der Waals surface area contributed by atoms with Crippen LogP contribution < -0.4 is 5.32 Å². The predicted octanol–water partition coefficient (Wildman–Crippen LogP) is 0.165. The Hall–Kier alpha value is -1.10. The first-order chi connectivity index (χ1) is 7.52. The van der Waals surface area contributed by atoms with E-state index < -0.39 is 11.9 Å². The Balaban J connectivity index is 2.38. The van der Waals surface area contributed by atoms with Crippen LogP contribution in [0.1, 0.15) is 19.3 Å². The van der Waals surface area contributed by atoms with Crippen LogP contribution >= 0.6 is 0 Å². The third-order valence-corrected chi connectivity index (χ3v) is 3.03. The second-order valence-corrected chi connectivity index (χ2v) is 4.58. The minimum Gasteiger partial charge on any atom is -0.481 e. The highest BCUT2D eigenvalue weighted by Crippen LogP contribution is 2.31. The Bertz CT molecular complexity index is 266. The normalized spacial score (nSPS) is 24.7. The molecule has 0 radical (unpaired) electrons. The fourth-order valence-corrected chi connectivity index (χ4v) is 2.10. The number of nitrogens with zero attached hydrogens (tertiary/aromatic N) is 1. The molecule has 1 aliphatic carbocycles. The first kappa shape index (κ1) is 13.0. The Labute approximate surface area is 95.8 Å². The van der Waals surface area contributed by atoms with E-state index in [0.717, 1.165) is 13.0 Å². The molecule has 0 aromatic carbocycles. The fraction of sp³-hybridized carbons (Fsp3) is 0.818. The van der Waals surface area contributed by atoms with Gasteiger partial charge >= 0.3 is 5.97 Å². The van der Waals surface area contributed by atoms with Gasteiger partial charge in [-0.2, -0.15) is 0 Å². The van der Waals surface area contributed by atoms with Crippen molar-refractivity contribution >= 4 is 11.9 Å². The largest absolute Gasteiger partial charge is 0.481 e. The minimum absolute atomic E-state index is 0.105. The Kier molecular flexibility index (Phi) is 4.73. The summed E-state index contributed by atoms with van der Waals surface area (Å²) >= 11 is 0. The van der Waals surface area contributed by atoms with Gasteiger partial charge in [-0.25, -0.2) is 0 Å². The minimum atomic E-state index is -0.842. The number of amides is 1. The maximum atomic E-state index is 11.7. The van der Waals surface area contributed by atoms with Gasteiger partial charge in [0.15, 0.2) is 0 Å². The summed E-state index contributed by atoms with van der Waals surface area (Å²) in [6, 6.07) is 0. The van der Waals surface area contributed by atoms with Gasteiger partial charge < -0.3 is 15.3 Å². The Morgan fingerprint density at radius 1 is 1.31 bits per heavy atom. The van der Waals surface area contributed by atoms with Crippen LogP contribution in [0.25, 0.3) is 0 Å². The van der Waals surface area contributed by atoms with Crippen LogP contribution in [0, 0.1) is 11.8 Å². The van der Waals surface area contributed by atoms with Crippen molar-refractivity contribution in [1.29, 1.82) is 0 Å². The summed E-state index contributed by atoms with van der Waals surface area (Å²) in [5.74, 6) is -1.77. The second-order valence-electron chi connectivity index (χ2n) is 4.58. The number of carbonyl (C=O) groups is 2. The van der Waals surface area contributed by atoms with Crippen molar-refractivity contribution in [2.45, 2.75) is 19.3 Å². The van der Waals surface area contributed by atoms with Crippen LogP contribution in [0.3, 0.4) is 0 Å². The highest BCUT2D eigenvalue weighted by Gasteiger charge is 2.37. The molecule has 2 N–H and O–H groups in total. The van der Waals surface area contributed by atoms with Crippen LogP contribution in [-0.2, 0) is 9.59 Å². The standard InChI is InChI=1S/C11H20N2O3/c1-13(2)7-6-12-10(14)8-4-3-5-9(8)11(15)16/h8-9H,3-7H2,1-2H3,(H,12,14)(H,15,16). The van der Waals surface area contributed by atoms with E-state index in [1.807, 2.05) is 19.0 Å². The summed E-state index contributed by atoms with van der Waals surface area (Å²) in [6.45, 7) is 1.35. The molecule has 0 aliphatic heterocycles. The van der Waals surface area contributed by atoms with Crippen LogP contribution in [0.5, 0.6) is 0 Å². The van der Waals surface area contributed by atoms with E-state index >= 15 is 0 Å². The lowest BCUT2D eigenvalue weighted by Crippen LogP contribution is -2.38. The summed E-state index contributed by atoms with van der Waals surface area (Å²) in [5, 5.41) is 11.8. The molecule has 2 atom stereocenters. The summed E-state index contributed by atoms with van der Waals surface area (Å²) in [7, 11) is 3.86. The average Bonchev–Trinajstić information content (AvgIpc) is 2.65. The molecule has 0 spiro atoms. The van der Waals surface area contributed by atoms with E-state index in [0.29, 0.717) is 19.4 Å². The highest BCUT2D eigenvalue weighted by atomic mass is 16.4. The molecular weight excluding hydrogens is 208 g/mol. The van der Waals surface area contributed by atoms with Gasteiger partial charge in [0.05, 0.1) is 11.8 Å². The molecule has 0 heterocycles. The summed E-state index contributed by atoms with van der Waals surface area (Å²) < 4.78 is 0. The highest BCUT2D eigenvalue weighted by molar-refractivity contribution is 5.85. The first-order valence-corrected chi connectivity index (χ1v) is 5.67. The van der Waals surface area contributed by atoms with Crippen LogP contribution in [0.2, 0.25) is 0 Å². The number of carboxylic acid groups (broad SMARTS) is 1. The zero-order chi connectivity index (χ0) is 12.1. The SMILES string of the molecule is CN(C)CCNC(=O)C1CCCC1C(=O)O. The summed E-state index contributed by atoms with van der Waals surface area (Å²) in [5.41, 5.74) is 0. The number of hydrogen-bond acceptors (Lipinski definition) is 3. The van der Waals surface area contributed by atoms with Gasteiger partial charge in [-0.05, 0) is 26.9 Å². The van der Waals surface area contributed by atoms with Gasteiger partial charge in [0.1, 0.15) is 0 Å². The molecule has 0 bridgehead atoms. The van der Waals surface area contributed by atoms with Crippen molar-refractivity contribution in [2.75, 3.05) is 27.2 Å². The van der Waals surface area contributed by atoms with Gasteiger partial charge in [-0.15, -0.1) is 0 Å². The van der Waals surface area contributed by atoms with Crippen LogP contribution in [0.15, 0.2) is 0 Å². The number of aliphatic carboxylic acids is 1. The van der Waals surface area contributed by atoms with E-state index in [-0.39, 0.29) is 11.8 Å². The van der Waals surface area contributed by atoms with Crippen molar-refractivity contribution in [3.8, 4) is 0 Å². The van der Waals surface area contributed by atoms with Crippen molar-refractivity contribution in [1.82, 2.24) is 10.2 Å². The molecule has 1 amide bonds. The molecule has 0 aromatic heterocycles. The Morgan fingerprint density at radius 2 is 1.94 bits per heavy atom. The number of carbonyl (C=O) groups excluding carboxylic acids is 1. The molecule has 5 nitrogen and oxygen atoms in total. The molecule has 16 heavy (non-hydrogen) atoms. The van der Waals surface area contributed by atoms with Gasteiger partial charge in [0.25, 0.3) is 0 Å². The van der Waals surface area contributed by atoms with E-state index in [9.17, 15) is 9.59 Å². The lowest BCUT2D eigenvalue weighted by molar-refractivity contribution is -0.146. The Morgan fingerprint density at radius 3 is 2.50 bits per heavy atom. The molecule has 2 unspecified atom stereocenters. The predicted molar refractivity (Wildman–Crippen MR) is 60.0 cm³/mol.